The maximum absolute atomic E-state index is 14.6. The number of fused-ring (bicyclic) bond motifs is 1. The Balaban J connectivity index is 0.000000360. The fourth-order valence-corrected chi connectivity index (χ4v) is 3.54. The lowest BCUT2D eigenvalue weighted by atomic mass is 9.80. The largest absolute Gasteiger partial charge is 0.491 e. The Kier molecular flexibility index (Phi) is 6.70. The van der Waals surface area contributed by atoms with Crippen LogP contribution in [-0.4, -0.2) is 61.6 Å². The summed E-state index contributed by atoms with van der Waals surface area (Å²) in [6, 6.07) is 3.64. The van der Waals surface area contributed by atoms with Gasteiger partial charge in [-0.1, -0.05) is 0 Å². The third-order valence-corrected chi connectivity index (χ3v) is 5.27. The normalized spacial score (nSPS) is 19.2. The maximum atomic E-state index is 14.6. The zero-order valence-electron chi connectivity index (χ0n) is 17.2. The molecule has 1 N–H and O–H groups in total. The molecule has 1 aliphatic heterocycles. The van der Waals surface area contributed by atoms with Crippen molar-refractivity contribution in [1.29, 1.82) is 0 Å². The lowest BCUT2D eigenvalue weighted by molar-refractivity contribution is -0.192. The molecular weight excluding hydrogens is 436 g/mol. The van der Waals surface area contributed by atoms with Gasteiger partial charge < -0.3 is 14.7 Å². The van der Waals surface area contributed by atoms with E-state index in [-0.39, 0.29) is 11.8 Å². The molecule has 0 aromatic carbocycles. The molecule has 1 fully saturated rings. The van der Waals surface area contributed by atoms with E-state index in [9.17, 15) is 22.4 Å². The molecular formula is C20H22F4N4O4. The molecule has 12 heteroatoms. The first-order valence-corrected chi connectivity index (χ1v) is 9.83. The number of ether oxygens (including phenoxy) is 1. The minimum Gasteiger partial charge on any atom is -0.491 e. The van der Waals surface area contributed by atoms with Crippen molar-refractivity contribution >= 4 is 11.9 Å². The van der Waals surface area contributed by atoms with Crippen LogP contribution >= 0.6 is 0 Å². The number of aryl methyl sites for hydroxylation is 1. The van der Waals surface area contributed by atoms with Gasteiger partial charge in [-0.2, -0.15) is 18.3 Å². The highest BCUT2D eigenvalue weighted by Gasteiger charge is 2.48. The van der Waals surface area contributed by atoms with Crippen LogP contribution in [0, 0.1) is 0 Å². The van der Waals surface area contributed by atoms with Crippen molar-refractivity contribution in [2.75, 3.05) is 13.2 Å². The number of alkyl halides is 4. The summed E-state index contributed by atoms with van der Waals surface area (Å²) in [7, 11) is 1.85. The quantitative estimate of drug-likeness (QED) is 0.708. The number of rotatable bonds is 4. The fraction of sp³-hybridized carbons (Fsp3) is 0.500. The lowest BCUT2D eigenvalue weighted by Crippen LogP contribution is -2.52. The topological polar surface area (TPSA) is 97.5 Å². The molecule has 1 saturated carbocycles. The summed E-state index contributed by atoms with van der Waals surface area (Å²) in [6.45, 7) is 1.21. The van der Waals surface area contributed by atoms with Gasteiger partial charge in [0.05, 0.1) is 24.4 Å². The van der Waals surface area contributed by atoms with Crippen LogP contribution in [0.2, 0.25) is 0 Å². The molecule has 2 aliphatic rings. The second-order valence-electron chi connectivity index (χ2n) is 7.72. The van der Waals surface area contributed by atoms with E-state index in [1.54, 1.807) is 22.0 Å². The predicted molar refractivity (Wildman–Crippen MR) is 102 cm³/mol. The third kappa shape index (κ3) is 5.35. The average Bonchev–Trinajstić information content (AvgIpc) is 3.10. The number of amides is 1. The van der Waals surface area contributed by atoms with Gasteiger partial charge in [-0.05, 0) is 31.4 Å². The molecule has 1 unspecified atom stereocenters. The molecule has 8 nitrogen and oxygen atoms in total. The average molecular weight is 458 g/mol. The van der Waals surface area contributed by atoms with Crippen LogP contribution in [0.25, 0.3) is 0 Å². The highest BCUT2D eigenvalue weighted by molar-refractivity contribution is 5.86. The molecule has 0 spiro atoms. The van der Waals surface area contributed by atoms with Crippen molar-refractivity contribution in [3.63, 3.8) is 0 Å². The first-order chi connectivity index (χ1) is 15.0. The van der Waals surface area contributed by atoms with Crippen molar-refractivity contribution in [2.24, 2.45) is 7.05 Å². The van der Waals surface area contributed by atoms with Crippen LogP contribution in [0.3, 0.4) is 0 Å². The first kappa shape index (κ1) is 23.5. The van der Waals surface area contributed by atoms with E-state index in [1.165, 1.54) is 0 Å². The molecule has 174 valence electrons. The number of halogens is 4. The van der Waals surface area contributed by atoms with Crippen LogP contribution in [0.1, 0.15) is 36.4 Å². The Morgan fingerprint density at radius 2 is 2.03 bits per heavy atom. The van der Waals surface area contributed by atoms with Crippen molar-refractivity contribution in [1.82, 2.24) is 19.7 Å². The Morgan fingerprint density at radius 3 is 2.56 bits per heavy atom. The number of hydrogen-bond donors (Lipinski definition) is 1. The summed E-state index contributed by atoms with van der Waals surface area (Å²) in [5.41, 5.74) is 0.218. The molecule has 4 rings (SSSR count). The summed E-state index contributed by atoms with van der Waals surface area (Å²) in [5.74, 6) is -2.56. The third-order valence-electron chi connectivity index (χ3n) is 5.27. The highest BCUT2D eigenvalue weighted by Crippen LogP contribution is 2.39. The Bertz CT molecular complexity index is 960. The number of hydrogen-bond acceptors (Lipinski definition) is 5. The molecule has 2 aromatic rings. The lowest BCUT2D eigenvalue weighted by Gasteiger charge is -2.40. The monoisotopic (exact) mass is 458 g/mol. The van der Waals surface area contributed by atoms with Gasteiger partial charge in [-0.3, -0.25) is 14.5 Å². The number of aliphatic carboxylic acids is 1. The molecule has 1 amide bonds. The number of carbonyl (C=O) groups excluding carboxylic acids is 1. The number of nitrogens with zero attached hydrogens (tertiary/aromatic N) is 4. The summed E-state index contributed by atoms with van der Waals surface area (Å²) in [6.07, 6.45) is 1.59. The van der Waals surface area contributed by atoms with Crippen molar-refractivity contribution in [2.45, 2.75) is 43.6 Å². The van der Waals surface area contributed by atoms with Crippen LogP contribution in [-0.2, 0) is 23.2 Å². The van der Waals surface area contributed by atoms with E-state index in [0.29, 0.717) is 38.3 Å². The van der Waals surface area contributed by atoms with E-state index in [2.05, 4.69) is 10.1 Å². The van der Waals surface area contributed by atoms with Gasteiger partial charge >= 0.3 is 12.1 Å². The molecule has 1 atom stereocenters. The van der Waals surface area contributed by atoms with Crippen molar-refractivity contribution in [3.05, 3.63) is 42.0 Å². The molecule has 0 saturated heterocycles. The SMILES string of the molecule is Cn1cc2c(n1)C(COc1cccnc1)CN(C(=O)C1(F)CCC1)C2.O=C(O)C(F)(F)F. The van der Waals surface area contributed by atoms with Crippen LogP contribution < -0.4 is 4.74 Å². The maximum Gasteiger partial charge on any atom is 0.490 e. The van der Waals surface area contributed by atoms with Crippen LogP contribution in [0.4, 0.5) is 17.6 Å². The fourth-order valence-electron chi connectivity index (χ4n) is 3.54. The Hall–Kier alpha value is -3.18. The van der Waals surface area contributed by atoms with E-state index in [4.69, 9.17) is 14.6 Å². The zero-order chi connectivity index (χ0) is 23.5. The summed E-state index contributed by atoms with van der Waals surface area (Å²) >= 11 is 0. The number of carboxylic acid groups (broad SMARTS) is 1. The van der Waals surface area contributed by atoms with Crippen molar-refractivity contribution in [3.8, 4) is 5.75 Å². The predicted octanol–water partition coefficient (Wildman–Crippen LogP) is 2.85. The molecule has 1 aliphatic carbocycles. The van der Waals surface area contributed by atoms with E-state index >= 15 is 0 Å². The summed E-state index contributed by atoms with van der Waals surface area (Å²) in [4.78, 5) is 27.2. The van der Waals surface area contributed by atoms with Gasteiger partial charge in [-0.15, -0.1) is 0 Å². The van der Waals surface area contributed by atoms with Gasteiger partial charge in [0.15, 0.2) is 5.67 Å². The molecule has 32 heavy (non-hydrogen) atoms. The second-order valence-corrected chi connectivity index (χ2v) is 7.72. The van der Waals surface area contributed by atoms with E-state index in [1.807, 2.05) is 25.4 Å². The summed E-state index contributed by atoms with van der Waals surface area (Å²) < 4.78 is 53.9. The smallest absolute Gasteiger partial charge is 0.490 e. The molecule has 2 aromatic heterocycles. The van der Waals surface area contributed by atoms with Gasteiger partial charge in [-0.25, -0.2) is 9.18 Å². The molecule has 0 bridgehead atoms. The minimum atomic E-state index is -5.08. The van der Waals surface area contributed by atoms with Gasteiger partial charge in [0, 0.05) is 38.1 Å². The molecule has 0 radical (unpaired) electrons. The number of pyridine rings is 1. The summed E-state index contributed by atoms with van der Waals surface area (Å²) in [5, 5.41) is 11.6. The van der Waals surface area contributed by atoms with E-state index < -0.39 is 17.8 Å². The van der Waals surface area contributed by atoms with E-state index in [0.717, 1.165) is 17.7 Å². The van der Waals surface area contributed by atoms with Crippen molar-refractivity contribution < 1.29 is 37.0 Å². The van der Waals surface area contributed by atoms with Gasteiger partial charge in [0.1, 0.15) is 5.75 Å². The minimum absolute atomic E-state index is 0.0854. The van der Waals surface area contributed by atoms with Crippen LogP contribution in [0.15, 0.2) is 30.7 Å². The Labute approximate surface area is 180 Å². The Morgan fingerprint density at radius 1 is 1.34 bits per heavy atom. The number of carboxylic acids is 1. The standard InChI is InChI=1S/C18H21FN4O2.C2HF3O2/c1-22-9-13-10-23(17(24)18(19)5-3-6-18)11-14(16(13)21-22)12-25-15-4-2-7-20-8-15;3-2(4,5)1(6)7/h2,4,7-9,14H,3,5-6,10-12H2,1H3;(H,6,7). The first-order valence-electron chi connectivity index (χ1n) is 9.83. The second kappa shape index (κ2) is 9.13. The highest BCUT2D eigenvalue weighted by atomic mass is 19.4. The van der Waals surface area contributed by atoms with Gasteiger partial charge in [0.25, 0.3) is 5.91 Å². The molecule has 3 heterocycles. The number of carbonyl (C=O) groups is 2. The van der Waals surface area contributed by atoms with Crippen LogP contribution in [0.5, 0.6) is 5.75 Å². The zero-order valence-corrected chi connectivity index (χ0v) is 17.2. The number of aromatic nitrogens is 3. The van der Waals surface area contributed by atoms with Gasteiger partial charge in [0.2, 0.25) is 0 Å².